The first-order valence-electron chi connectivity index (χ1n) is 5.77. The summed E-state index contributed by atoms with van der Waals surface area (Å²) >= 11 is 0. The Labute approximate surface area is 121 Å². The molecule has 10 heteroatoms. The quantitative estimate of drug-likeness (QED) is 0.573. The Hall–Kier alpha value is -1.62. The Morgan fingerprint density at radius 1 is 1.52 bits per heavy atom. The van der Waals surface area contributed by atoms with E-state index in [0.717, 1.165) is 13.1 Å². The van der Waals surface area contributed by atoms with E-state index in [9.17, 15) is 28.0 Å². The number of nitro groups is 1. The SMILES string of the molecule is COCC(O)CN(C)S(=O)(=O)c1cc([N+](=O)[O-])ccc1F. The van der Waals surface area contributed by atoms with Gasteiger partial charge in [0.1, 0.15) is 10.7 Å². The van der Waals surface area contributed by atoms with Crippen LogP contribution in [0.1, 0.15) is 0 Å². The van der Waals surface area contributed by atoms with Crippen LogP contribution in [-0.4, -0.2) is 56.2 Å². The minimum atomic E-state index is -4.30. The van der Waals surface area contributed by atoms with Crippen molar-refractivity contribution in [1.29, 1.82) is 0 Å². The van der Waals surface area contributed by atoms with Gasteiger partial charge in [0, 0.05) is 32.8 Å². The van der Waals surface area contributed by atoms with Crippen molar-refractivity contribution in [2.45, 2.75) is 11.0 Å². The third kappa shape index (κ3) is 4.17. The van der Waals surface area contributed by atoms with E-state index < -0.39 is 37.5 Å². The van der Waals surface area contributed by atoms with Crippen LogP contribution in [0, 0.1) is 15.9 Å². The Morgan fingerprint density at radius 3 is 2.67 bits per heavy atom. The summed E-state index contributed by atoms with van der Waals surface area (Å²) in [7, 11) is -1.84. The molecule has 8 nitrogen and oxygen atoms in total. The fourth-order valence-corrected chi connectivity index (χ4v) is 2.90. The van der Waals surface area contributed by atoms with E-state index in [1.54, 1.807) is 0 Å². The van der Waals surface area contributed by atoms with Crippen molar-refractivity contribution in [2.75, 3.05) is 27.3 Å². The predicted molar refractivity (Wildman–Crippen MR) is 70.8 cm³/mol. The van der Waals surface area contributed by atoms with Gasteiger partial charge in [-0.15, -0.1) is 0 Å². The topological polar surface area (TPSA) is 110 Å². The smallest absolute Gasteiger partial charge is 0.270 e. The summed E-state index contributed by atoms with van der Waals surface area (Å²) in [5.41, 5.74) is -0.541. The van der Waals surface area contributed by atoms with Gasteiger partial charge in [-0.3, -0.25) is 10.1 Å². The molecule has 0 radical (unpaired) electrons. The van der Waals surface area contributed by atoms with Crippen LogP contribution >= 0.6 is 0 Å². The highest BCUT2D eigenvalue weighted by Crippen LogP contribution is 2.23. The molecule has 0 aliphatic heterocycles. The number of halogens is 1. The Bertz CT molecular complexity index is 621. The monoisotopic (exact) mass is 322 g/mol. The molecule has 1 unspecified atom stereocenters. The van der Waals surface area contributed by atoms with Gasteiger partial charge in [0.2, 0.25) is 10.0 Å². The molecule has 0 bridgehead atoms. The average Bonchev–Trinajstić information content (AvgIpc) is 2.38. The van der Waals surface area contributed by atoms with Crippen molar-refractivity contribution in [3.05, 3.63) is 34.1 Å². The van der Waals surface area contributed by atoms with Crippen LogP contribution in [0.15, 0.2) is 23.1 Å². The zero-order valence-corrected chi connectivity index (χ0v) is 12.2. The van der Waals surface area contributed by atoms with Gasteiger partial charge >= 0.3 is 0 Å². The molecule has 0 heterocycles. The summed E-state index contributed by atoms with van der Waals surface area (Å²) in [5, 5.41) is 20.2. The summed E-state index contributed by atoms with van der Waals surface area (Å²) in [6, 6.07) is 2.22. The third-order valence-electron chi connectivity index (χ3n) is 2.64. The second-order valence-electron chi connectivity index (χ2n) is 4.27. The molecular weight excluding hydrogens is 307 g/mol. The van der Waals surface area contributed by atoms with E-state index in [2.05, 4.69) is 4.74 Å². The van der Waals surface area contributed by atoms with Crippen molar-refractivity contribution < 1.29 is 27.6 Å². The van der Waals surface area contributed by atoms with Crippen LogP contribution in [0.3, 0.4) is 0 Å². The van der Waals surface area contributed by atoms with Gasteiger partial charge < -0.3 is 9.84 Å². The molecule has 21 heavy (non-hydrogen) atoms. The van der Waals surface area contributed by atoms with Crippen LogP contribution in [0.5, 0.6) is 0 Å². The van der Waals surface area contributed by atoms with Gasteiger partial charge in [-0.05, 0) is 6.07 Å². The van der Waals surface area contributed by atoms with E-state index in [0.29, 0.717) is 16.4 Å². The van der Waals surface area contributed by atoms with Crippen molar-refractivity contribution >= 4 is 15.7 Å². The standard InChI is InChI=1S/C11H15FN2O6S/c1-13(6-9(15)7-20-2)21(18,19)11-5-8(14(16)17)3-4-10(11)12/h3-5,9,15H,6-7H2,1-2H3. The average molecular weight is 322 g/mol. The fourth-order valence-electron chi connectivity index (χ4n) is 1.61. The molecule has 0 saturated carbocycles. The lowest BCUT2D eigenvalue weighted by atomic mass is 10.3. The highest BCUT2D eigenvalue weighted by Gasteiger charge is 2.28. The molecule has 1 atom stereocenters. The van der Waals surface area contributed by atoms with Crippen molar-refractivity contribution in [1.82, 2.24) is 4.31 Å². The van der Waals surface area contributed by atoms with Crippen molar-refractivity contribution in [3.8, 4) is 0 Å². The lowest BCUT2D eigenvalue weighted by molar-refractivity contribution is -0.385. The summed E-state index contributed by atoms with van der Waals surface area (Å²) in [4.78, 5) is 9.01. The number of nitro benzene ring substituents is 1. The number of nitrogens with zero attached hydrogens (tertiary/aromatic N) is 2. The number of aliphatic hydroxyl groups excluding tert-OH is 1. The molecule has 0 aliphatic carbocycles. The lowest BCUT2D eigenvalue weighted by Gasteiger charge is -2.20. The van der Waals surface area contributed by atoms with Gasteiger partial charge in [0.05, 0.1) is 17.6 Å². The van der Waals surface area contributed by atoms with Crippen LogP contribution < -0.4 is 0 Å². The maximum atomic E-state index is 13.7. The highest BCUT2D eigenvalue weighted by atomic mass is 32.2. The molecular formula is C11H15FN2O6S. The molecule has 0 amide bonds. The number of hydrogen-bond acceptors (Lipinski definition) is 6. The molecule has 118 valence electrons. The zero-order valence-electron chi connectivity index (χ0n) is 11.4. The summed E-state index contributed by atoms with van der Waals surface area (Å²) in [6.45, 7) is -0.435. The number of rotatable bonds is 7. The van der Waals surface area contributed by atoms with Crippen molar-refractivity contribution in [2.24, 2.45) is 0 Å². The number of sulfonamides is 1. The number of ether oxygens (including phenoxy) is 1. The first kappa shape index (κ1) is 17.4. The van der Waals surface area contributed by atoms with E-state index in [1.165, 1.54) is 7.11 Å². The molecule has 0 spiro atoms. The normalized spacial score (nSPS) is 13.4. The van der Waals surface area contributed by atoms with E-state index in [4.69, 9.17) is 0 Å². The van der Waals surface area contributed by atoms with E-state index >= 15 is 0 Å². The predicted octanol–water partition coefficient (Wildman–Crippen LogP) is 0.362. The Kier molecular flexibility index (Phi) is 5.72. The first-order valence-corrected chi connectivity index (χ1v) is 7.21. The third-order valence-corrected chi connectivity index (χ3v) is 4.48. The molecule has 0 aliphatic rings. The molecule has 1 aromatic carbocycles. The number of aliphatic hydroxyl groups is 1. The largest absolute Gasteiger partial charge is 0.389 e. The van der Waals surface area contributed by atoms with Crippen molar-refractivity contribution in [3.63, 3.8) is 0 Å². The maximum absolute atomic E-state index is 13.7. The molecule has 1 N–H and O–H groups in total. The van der Waals surface area contributed by atoms with Crippen LogP contribution in [-0.2, 0) is 14.8 Å². The summed E-state index contributed by atoms with van der Waals surface area (Å²) in [6.07, 6.45) is -1.10. The minimum absolute atomic E-state index is 0.0999. The highest BCUT2D eigenvalue weighted by molar-refractivity contribution is 7.89. The number of methoxy groups -OCH3 is 1. The van der Waals surface area contributed by atoms with Crippen LogP contribution in [0.2, 0.25) is 0 Å². The molecule has 0 fully saturated rings. The van der Waals surface area contributed by atoms with Gasteiger partial charge in [-0.1, -0.05) is 0 Å². The summed E-state index contributed by atoms with van der Waals surface area (Å²) < 4.78 is 43.4. The fraction of sp³-hybridized carbons (Fsp3) is 0.455. The Balaban J connectivity index is 3.12. The maximum Gasteiger partial charge on any atom is 0.270 e. The number of benzene rings is 1. The van der Waals surface area contributed by atoms with Crippen LogP contribution in [0.4, 0.5) is 10.1 Å². The minimum Gasteiger partial charge on any atom is -0.389 e. The molecule has 1 aromatic rings. The second kappa shape index (κ2) is 6.89. The van der Waals surface area contributed by atoms with Gasteiger partial charge in [-0.25, -0.2) is 12.8 Å². The number of non-ortho nitro benzene ring substituents is 1. The van der Waals surface area contributed by atoms with E-state index in [1.807, 2.05) is 0 Å². The Morgan fingerprint density at radius 2 is 2.14 bits per heavy atom. The summed E-state index contributed by atoms with van der Waals surface area (Å²) in [5.74, 6) is -1.10. The molecule has 1 rings (SSSR count). The zero-order chi connectivity index (χ0) is 16.2. The van der Waals surface area contributed by atoms with E-state index in [-0.39, 0.29) is 13.2 Å². The molecule has 0 aromatic heterocycles. The molecule has 0 saturated heterocycles. The van der Waals surface area contributed by atoms with Gasteiger partial charge in [-0.2, -0.15) is 4.31 Å². The lowest BCUT2D eigenvalue weighted by Crippen LogP contribution is -2.36. The second-order valence-corrected chi connectivity index (χ2v) is 6.28. The van der Waals surface area contributed by atoms with Crippen LogP contribution in [0.25, 0.3) is 0 Å². The number of likely N-dealkylation sites (N-methyl/N-ethyl adjacent to an activating group) is 1. The van der Waals surface area contributed by atoms with Gasteiger partial charge in [0.25, 0.3) is 5.69 Å². The van der Waals surface area contributed by atoms with Gasteiger partial charge in [0.15, 0.2) is 0 Å². The number of hydrogen-bond donors (Lipinski definition) is 1. The first-order chi connectivity index (χ1) is 9.70.